The Hall–Kier alpha value is -2.70. The summed E-state index contributed by atoms with van der Waals surface area (Å²) in [6.45, 7) is 4.04. The molecule has 0 amide bonds. The van der Waals surface area contributed by atoms with E-state index in [2.05, 4.69) is 5.09 Å². The van der Waals surface area contributed by atoms with Crippen LogP contribution in [0.1, 0.15) is 26.7 Å². The van der Waals surface area contributed by atoms with Crippen LogP contribution in [0.25, 0.3) is 0 Å². The number of nitrogens with one attached hydrogen (secondary N) is 1. The molecule has 9 heteroatoms. The molecule has 0 aliphatic rings. The van der Waals surface area contributed by atoms with Crippen molar-refractivity contribution in [2.24, 2.45) is 0 Å². The van der Waals surface area contributed by atoms with E-state index in [9.17, 15) is 14.9 Å². The first-order chi connectivity index (χ1) is 13.5. The van der Waals surface area contributed by atoms with Gasteiger partial charge in [0.15, 0.2) is 0 Å². The van der Waals surface area contributed by atoms with Gasteiger partial charge in [0.2, 0.25) is 0 Å². The molecular formula is C19H23N2O6P. The van der Waals surface area contributed by atoms with Crippen molar-refractivity contribution in [2.45, 2.75) is 32.7 Å². The molecule has 8 nitrogen and oxygen atoms in total. The Kier molecular flexibility index (Phi) is 8.65. The predicted molar refractivity (Wildman–Crippen MR) is 106 cm³/mol. The second-order valence-corrected chi connectivity index (χ2v) is 7.01. The third-order valence-electron chi connectivity index (χ3n) is 3.56. The van der Waals surface area contributed by atoms with Crippen LogP contribution in [0, 0.1) is 10.1 Å². The Labute approximate surface area is 164 Å². The minimum absolute atomic E-state index is 0.0403. The topological polar surface area (TPSA) is 99.9 Å². The number of rotatable bonds is 11. The smallest absolute Gasteiger partial charge is 0.382 e. The van der Waals surface area contributed by atoms with E-state index in [0.717, 1.165) is 12.8 Å². The molecule has 2 atom stereocenters. The number of benzene rings is 2. The van der Waals surface area contributed by atoms with E-state index in [1.807, 2.05) is 25.1 Å². The standard InChI is InChI=1S/C19H23N2O6P/c1-3-4-14-25-19(22)15(2)20-28(26-17-8-6-5-7-9-17)27-18-12-10-16(11-13-18)21(23)24/h5-13,15,20H,3-4,14H2,1-2H3. The molecule has 0 heterocycles. The van der Waals surface area contributed by atoms with Crippen LogP contribution in [0.15, 0.2) is 54.6 Å². The van der Waals surface area contributed by atoms with E-state index in [1.165, 1.54) is 24.3 Å². The molecule has 150 valence electrons. The molecule has 2 aromatic carbocycles. The van der Waals surface area contributed by atoms with Crippen LogP contribution in [0.4, 0.5) is 5.69 Å². The average molecular weight is 406 g/mol. The molecular weight excluding hydrogens is 383 g/mol. The lowest BCUT2D eigenvalue weighted by Gasteiger charge is -2.22. The van der Waals surface area contributed by atoms with Gasteiger partial charge in [-0.05, 0) is 37.6 Å². The van der Waals surface area contributed by atoms with Gasteiger partial charge in [-0.3, -0.25) is 14.9 Å². The summed E-state index contributed by atoms with van der Waals surface area (Å²) in [7, 11) is -1.75. The molecule has 1 N–H and O–H groups in total. The van der Waals surface area contributed by atoms with Crippen molar-refractivity contribution in [1.82, 2.24) is 5.09 Å². The second kappa shape index (κ2) is 11.2. The maximum Gasteiger partial charge on any atom is 0.382 e. The maximum absolute atomic E-state index is 12.1. The van der Waals surface area contributed by atoms with Gasteiger partial charge in [-0.15, -0.1) is 0 Å². The highest BCUT2D eigenvalue weighted by atomic mass is 31.2. The summed E-state index contributed by atoms with van der Waals surface area (Å²) in [6, 6.07) is 14.0. The summed E-state index contributed by atoms with van der Waals surface area (Å²) < 4.78 is 16.8. The van der Waals surface area contributed by atoms with E-state index in [0.29, 0.717) is 18.1 Å². The Morgan fingerprint density at radius 1 is 1.11 bits per heavy atom. The van der Waals surface area contributed by atoms with Gasteiger partial charge < -0.3 is 13.8 Å². The van der Waals surface area contributed by atoms with E-state index in [-0.39, 0.29) is 5.69 Å². The molecule has 0 bridgehead atoms. The molecule has 2 unspecified atom stereocenters. The van der Waals surface area contributed by atoms with Crippen molar-refractivity contribution in [3.63, 3.8) is 0 Å². The highest BCUT2D eigenvalue weighted by molar-refractivity contribution is 7.45. The fourth-order valence-electron chi connectivity index (χ4n) is 2.03. The van der Waals surface area contributed by atoms with E-state index < -0.39 is 25.5 Å². The summed E-state index contributed by atoms with van der Waals surface area (Å²) in [5, 5.41) is 13.8. The van der Waals surface area contributed by atoms with Gasteiger partial charge in [0.25, 0.3) is 5.69 Å². The molecule has 0 aromatic heterocycles. The molecule has 28 heavy (non-hydrogen) atoms. The number of hydrogen-bond donors (Lipinski definition) is 1. The van der Waals surface area contributed by atoms with Crippen LogP contribution in [0.5, 0.6) is 11.5 Å². The number of nitro groups is 1. The number of esters is 1. The zero-order valence-electron chi connectivity index (χ0n) is 15.7. The van der Waals surface area contributed by atoms with Crippen LogP contribution in [-0.2, 0) is 9.53 Å². The summed E-state index contributed by atoms with van der Waals surface area (Å²) in [5.41, 5.74) is -0.0403. The number of carbonyl (C=O) groups is 1. The lowest BCUT2D eigenvalue weighted by atomic mass is 10.3. The number of nitrogens with zero attached hydrogens (tertiary/aromatic N) is 1. The van der Waals surface area contributed by atoms with E-state index >= 15 is 0 Å². The lowest BCUT2D eigenvalue weighted by Crippen LogP contribution is -2.34. The van der Waals surface area contributed by atoms with Crippen LogP contribution in [0.2, 0.25) is 0 Å². The average Bonchev–Trinajstić information content (AvgIpc) is 2.69. The molecule has 0 fully saturated rings. The molecule has 2 aromatic rings. The van der Waals surface area contributed by atoms with Crippen molar-refractivity contribution in [2.75, 3.05) is 6.61 Å². The van der Waals surface area contributed by atoms with Gasteiger partial charge >= 0.3 is 14.5 Å². The third kappa shape index (κ3) is 7.13. The van der Waals surface area contributed by atoms with Gasteiger partial charge in [-0.1, -0.05) is 31.5 Å². The fraction of sp³-hybridized carbons (Fsp3) is 0.316. The van der Waals surface area contributed by atoms with Crippen molar-refractivity contribution >= 4 is 20.2 Å². The van der Waals surface area contributed by atoms with Gasteiger partial charge in [0.05, 0.1) is 11.5 Å². The first kappa shape index (κ1) is 21.6. The highest BCUT2D eigenvalue weighted by Crippen LogP contribution is 2.37. The van der Waals surface area contributed by atoms with Crippen LogP contribution in [-0.4, -0.2) is 23.5 Å². The van der Waals surface area contributed by atoms with Gasteiger partial charge in [0, 0.05) is 12.1 Å². The molecule has 0 aliphatic carbocycles. The Morgan fingerprint density at radius 2 is 1.71 bits per heavy atom. The normalized spacial score (nSPS) is 12.6. The Bertz CT molecular complexity index is 757. The van der Waals surface area contributed by atoms with E-state index in [4.69, 9.17) is 13.8 Å². The zero-order valence-corrected chi connectivity index (χ0v) is 16.6. The summed E-state index contributed by atoms with van der Waals surface area (Å²) in [6.07, 6.45) is 1.73. The number of nitro benzene ring substituents is 1. The maximum atomic E-state index is 12.1. The summed E-state index contributed by atoms with van der Waals surface area (Å²) in [4.78, 5) is 22.4. The molecule has 0 radical (unpaired) electrons. The highest BCUT2D eigenvalue weighted by Gasteiger charge is 2.24. The number of unbranched alkanes of at least 4 members (excludes halogenated alkanes) is 1. The minimum atomic E-state index is -1.75. The van der Waals surface area contributed by atoms with Gasteiger partial charge in [-0.2, -0.15) is 0 Å². The fourth-order valence-corrected chi connectivity index (χ4v) is 3.22. The van der Waals surface area contributed by atoms with Crippen LogP contribution >= 0.6 is 8.53 Å². The number of non-ortho nitro benzene ring substituents is 1. The molecule has 0 saturated carbocycles. The van der Waals surface area contributed by atoms with Crippen molar-refractivity contribution in [3.05, 3.63) is 64.7 Å². The minimum Gasteiger partial charge on any atom is -0.465 e. The number of hydrogen-bond acceptors (Lipinski definition) is 7. The Morgan fingerprint density at radius 3 is 2.29 bits per heavy atom. The first-order valence-corrected chi connectivity index (χ1v) is 10.1. The third-order valence-corrected chi connectivity index (χ3v) is 4.91. The SMILES string of the molecule is CCCCOC(=O)C(C)NP(Oc1ccccc1)Oc1ccc([N+](=O)[O-])cc1. The van der Waals surface area contributed by atoms with Crippen LogP contribution in [0.3, 0.4) is 0 Å². The lowest BCUT2D eigenvalue weighted by molar-refractivity contribution is -0.384. The van der Waals surface area contributed by atoms with Crippen LogP contribution < -0.4 is 14.1 Å². The quantitative estimate of drug-likeness (QED) is 0.191. The Balaban J connectivity index is 2.05. The summed E-state index contributed by atoms with van der Waals surface area (Å²) >= 11 is 0. The zero-order chi connectivity index (χ0) is 20.4. The summed E-state index contributed by atoms with van der Waals surface area (Å²) in [5.74, 6) is 0.547. The molecule has 2 rings (SSSR count). The van der Waals surface area contributed by atoms with Crippen molar-refractivity contribution in [3.8, 4) is 11.5 Å². The van der Waals surface area contributed by atoms with Gasteiger partial charge in [-0.25, -0.2) is 5.09 Å². The molecule has 0 aliphatic heterocycles. The van der Waals surface area contributed by atoms with E-state index in [1.54, 1.807) is 19.1 Å². The van der Waals surface area contributed by atoms with Crippen molar-refractivity contribution < 1.29 is 23.5 Å². The number of para-hydroxylation sites is 1. The van der Waals surface area contributed by atoms with Gasteiger partial charge in [0.1, 0.15) is 17.5 Å². The predicted octanol–water partition coefficient (Wildman–Crippen LogP) is 4.60. The van der Waals surface area contributed by atoms with Crippen molar-refractivity contribution in [1.29, 1.82) is 0 Å². The number of ether oxygens (including phenoxy) is 1. The monoisotopic (exact) mass is 406 g/mol. The number of carbonyl (C=O) groups excluding carboxylic acids is 1. The molecule has 0 spiro atoms. The second-order valence-electron chi connectivity index (χ2n) is 5.88. The largest absolute Gasteiger partial charge is 0.465 e. The molecule has 0 saturated heterocycles. The first-order valence-electron chi connectivity index (χ1n) is 8.88.